The molecule has 0 radical (unpaired) electrons. The maximum atomic E-state index is 11.4. The third-order valence-electron chi connectivity index (χ3n) is 3.22. The van der Waals surface area contributed by atoms with E-state index in [1.165, 1.54) is 19.1 Å². The smallest absolute Gasteiger partial charge is 0.282 e. The third kappa shape index (κ3) is 3.25. The molecular weight excluding hydrogens is 290 g/mol. The van der Waals surface area contributed by atoms with Crippen molar-refractivity contribution in [3.05, 3.63) is 50.0 Å². The van der Waals surface area contributed by atoms with Gasteiger partial charge in [0.15, 0.2) is 5.78 Å². The highest BCUT2D eigenvalue weighted by atomic mass is 32.1. The molecule has 0 saturated carbocycles. The minimum absolute atomic E-state index is 0.131. The van der Waals surface area contributed by atoms with Gasteiger partial charge in [-0.15, -0.1) is 11.3 Å². The van der Waals surface area contributed by atoms with Gasteiger partial charge in [-0.3, -0.25) is 14.9 Å². The number of aromatic nitrogens is 1. The lowest BCUT2D eigenvalue weighted by Gasteiger charge is -2.19. The van der Waals surface area contributed by atoms with Crippen molar-refractivity contribution in [1.82, 2.24) is 4.98 Å². The normalized spacial score (nSPS) is 10.4. The molecule has 0 atom stereocenters. The minimum atomic E-state index is -0.522. The molecule has 110 valence electrons. The maximum absolute atomic E-state index is 11.4. The molecule has 0 fully saturated rings. The van der Waals surface area contributed by atoms with Crippen LogP contribution in [0.2, 0.25) is 0 Å². The summed E-state index contributed by atoms with van der Waals surface area (Å²) < 4.78 is 0. The van der Waals surface area contributed by atoms with Crippen LogP contribution in [0.1, 0.15) is 27.9 Å². The molecule has 21 heavy (non-hydrogen) atoms. The van der Waals surface area contributed by atoms with Gasteiger partial charge >= 0.3 is 0 Å². The number of ketones is 1. The first kappa shape index (κ1) is 15.1. The Balaban J connectivity index is 2.32. The van der Waals surface area contributed by atoms with Gasteiger partial charge in [-0.25, -0.2) is 4.98 Å². The molecule has 1 heterocycles. The van der Waals surface area contributed by atoms with Crippen LogP contribution in [0.15, 0.2) is 23.7 Å². The summed E-state index contributed by atoms with van der Waals surface area (Å²) >= 11 is 1.55. The van der Waals surface area contributed by atoms with E-state index in [-0.39, 0.29) is 17.0 Å². The van der Waals surface area contributed by atoms with Crippen molar-refractivity contribution in [2.75, 3.05) is 11.9 Å². The first-order chi connectivity index (χ1) is 9.90. The Labute approximate surface area is 126 Å². The molecule has 0 saturated heterocycles. The molecule has 0 unspecified atom stereocenters. The molecule has 0 spiro atoms. The average molecular weight is 305 g/mol. The summed E-state index contributed by atoms with van der Waals surface area (Å²) in [5.41, 5.74) is 3.40. The van der Waals surface area contributed by atoms with E-state index in [2.05, 4.69) is 4.98 Å². The van der Waals surface area contributed by atoms with Crippen molar-refractivity contribution in [2.24, 2.45) is 0 Å². The van der Waals surface area contributed by atoms with Gasteiger partial charge in [0.05, 0.1) is 28.2 Å². The number of aryl methyl sites for hydroxylation is 1. The van der Waals surface area contributed by atoms with E-state index >= 15 is 0 Å². The zero-order valence-corrected chi connectivity index (χ0v) is 12.8. The molecule has 2 aromatic rings. The molecule has 6 nitrogen and oxygen atoms in total. The summed E-state index contributed by atoms with van der Waals surface area (Å²) in [5, 5.41) is 11.1. The second kappa shape index (κ2) is 6.01. The lowest BCUT2D eigenvalue weighted by Crippen LogP contribution is -2.16. The maximum Gasteiger partial charge on any atom is 0.282 e. The highest BCUT2D eigenvalue weighted by Gasteiger charge is 2.19. The van der Waals surface area contributed by atoms with Gasteiger partial charge in [-0.2, -0.15) is 0 Å². The first-order valence-electron chi connectivity index (χ1n) is 6.29. The van der Waals surface area contributed by atoms with Gasteiger partial charge in [0.25, 0.3) is 5.69 Å². The summed E-state index contributed by atoms with van der Waals surface area (Å²) in [6, 6.07) is 4.67. The zero-order chi connectivity index (χ0) is 15.6. The number of carbonyl (C=O) groups excluding carboxylic acids is 1. The topological polar surface area (TPSA) is 76.3 Å². The van der Waals surface area contributed by atoms with Crippen molar-refractivity contribution in [3.63, 3.8) is 0 Å². The molecule has 7 heteroatoms. The molecule has 0 N–H and O–H groups in total. The van der Waals surface area contributed by atoms with Crippen molar-refractivity contribution in [1.29, 1.82) is 0 Å². The van der Waals surface area contributed by atoms with Crippen molar-refractivity contribution in [2.45, 2.75) is 20.4 Å². The van der Waals surface area contributed by atoms with Crippen LogP contribution in [0, 0.1) is 17.0 Å². The monoisotopic (exact) mass is 305 g/mol. The third-order valence-corrected chi connectivity index (χ3v) is 4.14. The Morgan fingerprint density at radius 3 is 2.71 bits per heavy atom. The molecular formula is C14H15N3O3S. The van der Waals surface area contributed by atoms with Gasteiger partial charge in [0, 0.05) is 23.7 Å². The second-order valence-electron chi connectivity index (χ2n) is 4.73. The van der Waals surface area contributed by atoms with Crippen LogP contribution in [0.4, 0.5) is 11.4 Å². The van der Waals surface area contributed by atoms with Crippen LogP contribution in [-0.2, 0) is 6.54 Å². The number of benzene rings is 1. The number of nitrogens with zero attached hydrogens (tertiary/aromatic N) is 3. The lowest BCUT2D eigenvalue weighted by atomic mass is 10.1. The Morgan fingerprint density at radius 1 is 1.48 bits per heavy atom. The van der Waals surface area contributed by atoms with Crippen LogP contribution in [0.5, 0.6) is 0 Å². The van der Waals surface area contributed by atoms with Crippen LogP contribution in [0.25, 0.3) is 0 Å². The molecule has 0 amide bonds. The van der Waals surface area contributed by atoms with E-state index in [0.717, 1.165) is 10.6 Å². The Kier molecular flexibility index (Phi) is 4.32. The quantitative estimate of drug-likeness (QED) is 0.481. The number of thiazole rings is 1. The highest BCUT2D eigenvalue weighted by molar-refractivity contribution is 7.09. The Hall–Kier alpha value is -2.28. The summed E-state index contributed by atoms with van der Waals surface area (Å²) in [7, 11) is 1.85. The van der Waals surface area contributed by atoms with Gasteiger partial charge in [0.2, 0.25) is 0 Å². The molecule has 0 aliphatic carbocycles. The largest absolute Gasteiger partial charge is 0.369 e. The minimum Gasteiger partial charge on any atom is -0.369 e. The molecule has 0 bridgehead atoms. The molecule has 2 rings (SSSR count). The Bertz CT molecular complexity index is 697. The van der Waals surface area contributed by atoms with Gasteiger partial charge < -0.3 is 4.90 Å². The molecule has 1 aromatic heterocycles. The van der Waals surface area contributed by atoms with Crippen LogP contribution in [0.3, 0.4) is 0 Å². The number of carbonyl (C=O) groups is 1. The van der Waals surface area contributed by atoms with Gasteiger partial charge in [-0.05, 0) is 26.0 Å². The fraction of sp³-hybridized carbons (Fsp3) is 0.286. The predicted molar refractivity (Wildman–Crippen MR) is 82.1 cm³/mol. The fourth-order valence-electron chi connectivity index (χ4n) is 1.99. The predicted octanol–water partition coefficient (Wildman–Crippen LogP) is 3.20. The van der Waals surface area contributed by atoms with E-state index in [1.807, 2.05) is 18.9 Å². The number of Topliss-reactive ketones (excluding diaryl/α,β-unsaturated/α-hetero) is 1. The summed E-state index contributed by atoms with van der Waals surface area (Å²) in [4.78, 5) is 29.2. The number of rotatable bonds is 5. The summed E-state index contributed by atoms with van der Waals surface area (Å²) in [5.74, 6) is -0.311. The summed E-state index contributed by atoms with van der Waals surface area (Å²) in [6.07, 6.45) is 0. The van der Waals surface area contributed by atoms with Crippen LogP contribution >= 0.6 is 11.3 Å². The highest BCUT2D eigenvalue weighted by Crippen LogP contribution is 2.27. The standard InChI is InChI=1S/C14H15N3O3S/c1-9-14(21-8-15-9)7-16(3)11-4-5-12(10(2)18)13(6-11)17(19)20/h4-6,8H,7H2,1-3H3. The molecule has 1 aromatic carbocycles. The van der Waals surface area contributed by atoms with E-state index < -0.39 is 4.92 Å². The van der Waals surface area contributed by atoms with Gasteiger partial charge in [0.1, 0.15) is 0 Å². The van der Waals surface area contributed by atoms with Crippen molar-refractivity contribution in [3.8, 4) is 0 Å². The summed E-state index contributed by atoms with van der Waals surface area (Å²) in [6.45, 7) is 3.88. The number of hydrogen-bond acceptors (Lipinski definition) is 6. The molecule has 0 aliphatic rings. The number of nitro benzene ring substituents is 1. The number of hydrogen-bond donors (Lipinski definition) is 0. The van der Waals surface area contributed by atoms with Crippen molar-refractivity contribution >= 4 is 28.5 Å². The fourth-order valence-corrected chi connectivity index (χ4v) is 2.82. The first-order valence-corrected chi connectivity index (χ1v) is 7.17. The second-order valence-corrected chi connectivity index (χ2v) is 5.67. The van der Waals surface area contributed by atoms with E-state index in [0.29, 0.717) is 12.2 Å². The number of anilines is 1. The SMILES string of the molecule is CC(=O)c1ccc(N(C)Cc2scnc2C)cc1[N+](=O)[O-]. The Morgan fingerprint density at radius 2 is 2.19 bits per heavy atom. The van der Waals surface area contributed by atoms with E-state index in [9.17, 15) is 14.9 Å². The van der Waals surface area contributed by atoms with Gasteiger partial charge in [-0.1, -0.05) is 0 Å². The lowest BCUT2D eigenvalue weighted by molar-refractivity contribution is -0.385. The average Bonchev–Trinajstić information content (AvgIpc) is 2.83. The zero-order valence-electron chi connectivity index (χ0n) is 12.0. The van der Waals surface area contributed by atoms with Crippen molar-refractivity contribution < 1.29 is 9.72 Å². The van der Waals surface area contributed by atoms with Crippen LogP contribution < -0.4 is 4.90 Å². The molecule has 0 aliphatic heterocycles. The van der Waals surface area contributed by atoms with Crippen LogP contribution in [-0.4, -0.2) is 22.7 Å². The van der Waals surface area contributed by atoms with E-state index in [1.54, 1.807) is 22.9 Å². The number of nitro groups is 1. The van der Waals surface area contributed by atoms with E-state index in [4.69, 9.17) is 0 Å².